The Bertz CT molecular complexity index is 1800. The maximum absolute atomic E-state index is 13.9. The number of aliphatic hydroxyl groups is 4. The Labute approximate surface area is 378 Å². The highest BCUT2D eigenvalue weighted by molar-refractivity contribution is 5.85. The third kappa shape index (κ3) is 9.98. The molecule has 12 nitrogen and oxygen atoms in total. The average molecular weight is 1100 g/mol. The third-order valence-electron chi connectivity index (χ3n) is 14.1. The van der Waals surface area contributed by atoms with E-state index in [1.165, 1.54) is 0 Å². The van der Waals surface area contributed by atoms with E-state index in [0.717, 1.165) is 0 Å². The van der Waals surface area contributed by atoms with Crippen LogP contribution in [0.25, 0.3) is 0 Å². The van der Waals surface area contributed by atoms with Crippen molar-refractivity contribution in [2.24, 2.45) is 59.2 Å². The highest BCUT2D eigenvalue weighted by Crippen LogP contribution is 2.62. The van der Waals surface area contributed by atoms with Gasteiger partial charge in [-0.3, -0.25) is 14.4 Å². The molecule has 36 heteroatoms. The molecule has 0 saturated heterocycles. The predicted molar refractivity (Wildman–Crippen MR) is 171 cm³/mol. The summed E-state index contributed by atoms with van der Waals surface area (Å²) in [6.45, 7) is -1.53. The summed E-state index contributed by atoms with van der Waals surface area (Å²) in [7, 11) is 0. The van der Waals surface area contributed by atoms with E-state index in [2.05, 4.69) is 9.78 Å². The van der Waals surface area contributed by atoms with Crippen LogP contribution >= 0.6 is 0 Å². The number of alkyl halides is 24. The van der Waals surface area contributed by atoms with Gasteiger partial charge in [-0.1, -0.05) is 0 Å². The van der Waals surface area contributed by atoms with Crippen molar-refractivity contribution in [3.05, 3.63) is 0 Å². The molecule has 2 bridgehead atoms. The minimum absolute atomic E-state index is 0.913. The van der Waals surface area contributed by atoms with Crippen molar-refractivity contribution in [2.45, 2.75) is 129 Å². The van der Waals surface area contributed by atoms with Gasteiger partial charge in [-0.15, -0.1) is 0 Å². The fourth-order valence-corrected chi connectivity index (χ4v) is 10.8. The Kier molecular flexibility index (Phi) is 15.6. The highest BCUT2D eigenvalue weighted by Gasteiger charge is 2.81. The maximum atomic E-state index is 13.9. The number of hydrogen-bond donors (Lipinski definition) is 6. The van der Waals surface area contributed by atoms with Crippen LogP contribution in [0.2, 0.25) is 0 Å². The van der Waals surface area contributed by atoms with Crippen LogP contribution in [0.15, 0.2) is 0 Å². The molecule has 4 aliphatic carbocycles. The molecular formula is C35H34F24O12. The number of carboxylic acids is 2. The molecule has 0 radical (unpaired) electrons. The molecule has 4 aliphatic rings. The smallest absolute Gasteiger partial charge is 0.426 e. The summed E-state index contributed by atoms with van der Waals surface area (Å²) in [5, 5.41) is 59.8. The Balaban J connectivity index is 1.69. The van der Waals surface area contributed by atoms with E-state index >= 15 is 0 Å². The molecule has 0 aromatic heterocycles. The van der Waals surface area contributed by atoms with Gasteiger partial charge in [-0.2, -0.15) is 105 Å². The van der Waals surface area contributed by atoms with E-state index < -0.39 is 213 Å². The van der Waals surface area contributed by atoms with Crippen molar-refractivity contribution in [3.8, 4) is 0 Å². The number of rotatable bonds is 12. The lowest BCUT2D eigenvalue weighted by Gasteiger charge is -2.48. The summed E-state index contributed by atoms with van der Waals surface area (Å²) in [4.78, 5) is 47.8. The molecule has 414 valence electrons. The monoisotopic (exact) mass is 1100 g/mol. The first kappa shape index (κ1) is 60.0. The van der Waals surface area contributed by atoms with Gasteiger partial charge in [-0.25, -0.2) is 9.78 Å². The van der Waals surface area contributed by atoms with Gasteiger partial charge in [0, 0.05) is 29.6 Å². The molecule has 0 amide bonds. The molecule has 0 spiro atoms. The van der Waals surface area contributed by atoms with Gasteiger partial charge in [-0.05, 0) is 56.8 Å². The van der Waals surface area contributed by atoms with Crippen LogP contribution < -0.4 is 0 Å². The summed E-state index contributed by atoms with van der Waals surface area (Å²) >= 11 is 0. The van der Waals surface area contributed by atoms with Crippen molar-refractivity contribution in [2.75, 3.05) is 6.61 Å². The van der Waals surface area contributed by atoms with Crippen LogP contribution in [0.4, 0.5) is 105 Å². The first-order chi connectivity index (χ1) is 31.4. The van der Waals surface area contributed by atoms with Crippen LogP contribution in [0, 0.1) is 59.2 Å². The lowest BCUT2D eigenvalue weighted by atomic mass is 9.65. The van der Waals surface area contributed by atoms with Gasteiger partial charge in [0.25, 0.3) is 22.4 Å². The molecule has 10 atom stereocenters. The number of esters is 1. The normalized spacial score (nSPS) is 31.4. The van der Waals surface area contributed by atoms with Crippen LogP contribution in [-0.4, -0.2) is 139 Å². The zero-order valence-electron chi connectivity index (χ0n) is 34.3. The van der Waals surface area contributed by atoms with Crippen molar-refractivity contribution in [3.63, 3.8) is 0 Å². The van der Waals surface area contributed by atoms with Gasteiger partial charge < -0.3 is 35.4 Å². The Morgan fingerprint density at radius 1 is 0.380 bits per heavy atom. The van der Waals surface area contributed by atoms with E-state index in [-0.39, 0.29) is 0 Å². The second-order valence-electron chi connectivity index (χ2n) is 17.8. The number of hydrogen-bond acceptors (Lipinski definition) is 10. The first-order valence-electron chi connectivity index (χ1n) is 19.8. The van der Waals surface area contributed by atoms with E-state index in [1.54, 1.807) is 0 Å². The maximum Gasteiger partial charge on any atom is 0.426 e. The van der Waals surface area contributed by atoms with Crippen molar-refractivity contribution < 1.29 is 165 Å². The molecule has 6 N–H and O–H groups in total. The molecule has 4 fully saturated rings. The van der Waals surface area contributed by atoms with Gasteiger partial charge in [0.1, 0.15) is 6.10 Å². The molecule has 0 aromatic carbocycles. The van der Waals surface area contributed by atoms with Crippen LogP contribution in [0.5, 0.6) is 0 Å². The molecular weight excluding hydrogens is 1070 g/mol. The number of carboxylic acid groups (broad SMARTS) is 2. The Morgan fingerprint density at radius 2 is 0.662 bits per heavy atom. The minimum atomic E-state index is -6.99. The first-order valence-corrected chi connectivity index (χ1v) is 19.8. The zero-order valence-corrected chi connectivity index (χ0v) is 34.3. The lowest BCUT2D eigenvalue weighted by molar-refractivity contribution is -0.415. The molecule has 71 heavy (non-hydrogen) atoms. The number of halogens is 24. The van der Waals surface area contributed by atoms with Gasteiger partial charge in [0.2, 0.25) is 0 Å². The number of ether oxygens (including phenoxy) is 1. The fourth-order valence-electron chi connectivity index (χ4n) is 10.8. The molecule has 0 aromatic rings. The number of carbonyl (C=O) groups excluding carboxylic acids is 1. The van der Waals surface area contributed by atoms with Gasteiger partial charge >= 0.3 is 67.3 Å². The molecule has 0 heterocycles. The SMILES string of the molecule is O=C(O)C1C(COOC2CC(C(O)(C(F)(F)F)C(F)(F)F)CC(C(O)(C(F)(F)F)C(F)(F)F)C2)C2CC1C(C(=O)OC1CC(C(O)(C(F)(F)F)C(F)(F)F)CC(C(O)(C(F)(F)F)C(F)(F)F)C1)C2C(=O)O. The third-order valence-corrected chi connectivity index (χ3v) is 14.1. The number of carbonyl (C=O) groups is 3. The average Bonchev–Trinajstić information content (AvgIpc) is 3.73. The largest absolute Gasteiger partial charge is 0.481 e. The standard InChI is InChI=1S/C35H34F24O12/c36-28(37,38)24(65,29(39,40)41)9-1-10(25(66,30(42,43)44)31(45,46)47)4-13(3-9)70-23(64)20-16-7-15(19(20)22(62)63)17(18(16)21(60)61)8-69-71-14-5-11(26(67,32(48,49)50)33(51,52)53)2-12(6-14)27(68,34(54,55)56)35(57,58)59/h9-20,65-68H,1-8H2,(H,60,61)(H,62,63). The van der Waals surface area contributed by atoms with Gasteiger partial charge in [0.05, 0.1) is 30.5 Å². The van der Waals surface area contributed by atoms with Gasteiger partial charge in [0.15, 0.2) is 0 Å². The van der Waals surface area contributed by atoms with E-state index in [1.807, 2.05) is 0 Å². The summed E-state index contributed by atoms with van der Waals surface area (Å²) in [5.41, 5.74) is -24.7. The quantitative estimate of drug-likeness (QED) is 0.0482. The minimum Gasteiger partial charge on any atom is -0.481 e. The number of fused-ring (bicyclic) bond motifs is 2. The highest BCUT2D eigenvalue weighted by atomic mass is 19.4. The second kappa shape index (κ2) is 18.4. The molecule has 4 saturated carbocycles. The topological polar surface area (TPSA) is 200 Å². The summed E-state index contributed by atoms with van der Waals surface area (Å²) in [6, 6.07) is 0. The predicted octanol–water partition coefficient (Wildman–Crippen LogP) is 7.75. The Morgan fingerprint density at radius 3 is 0.930 bits per heavy atom. The van der Waals surface area contributed by atoms with Crippen molar-refractivity contribution in [1.29, 1.82) is 0 Å². The number of aliphatic carboxylic acids is 2. The van der Waals surface area contributed by atoms with Crippen molar-refractivity contribution in [1.82, 2.24) is 0 Å². The van der Waals surface area contributed by atoms with Crippen molar-refractivity contribution >= 4 is 17.9 Å². The second-order valence-corrected chi connectivity index (χ2v) is 17.8. The van der Waals surface area contributed by atoms with E-state index in [9.17, 15) is 150 Å². The Hall–Kier alpha value is -3.51. The zero-order chi connectivity index (χ0) is 55.4. The van der Waals surface area contributed by atoms with E-state index in [0.29, 0.717) is 0 Å². The summed E-state index contributed by atoms with van der Waals surface area (Å²) < 4.78 is 337. The summed E-state index contributed by atoms with van der Waals surface area (Å²) in [6.07, 6.45) is -75.9. The fraction of sp³-hybridized carbons (Fsp3) is 0.914. The summed E-state index contributed by atoms with van der Waals surface area (Å²) in [5.74, 6) is -35.3. The lowest BCUT2D eigenvalue weighted by Crippen LogP contribution is -2.67. The molecule has 4 rings (SSSR count). The van der Waals surface area contributed by atoms with Crippen LogP contribution in [0.1, 0.15) is 44.9 Å². The van der Waals surface area contributed by atoms with Crippen LogP contribution in [0.3, 0.4) is 0 Å². The molecule has 10 unspecified atom stereocenters. The molecule has 0 aliphatic heterocycles. The van der Waals surface area contributed by atoms with Crippen LogP contribution in [-0.2, 0) is 28.9 Å². The van der Waals surface area contributed by atoms with E-state index in [4.69, 9.17) is 4.74 Å².